The van der Waals surface area contributed by atoms with E-state index in [1.54, 1.807) is 0 Å². The summed E-state index contributed by atoms with van der Waals surface area (Å²) < 4.78 is 30.8. The highest BCUT2D eigenvalue weighted by atomic mass is 32.2. The number of nitrogens with one attached hydrogen (secondary N) is 1. The normalized spacial score (nSPS) is 12.9. The van der Waals surface area contributed by atoms with Crippen molar-refractivity contribution in [3.63, 3.8) is 0 Å². The van der Waals surface area contributed by atoms with Gasteiger partial charge in [0.05, 0.1) is 7.11 Å². The molecule has 1 aromatic rings. The first-order valence-corrected chi connectivity index (χ1v) is 9.09. The van der Waals surface area contributed by atoms with Crippen molar-refractivity contribution in [2.24, 2.45) is 5.92 Å². The van der Waals surface area contributed by atoms with E-state index in [1.807, 2.05) is 13.8 Å². The standard InChI is InChI=1S/C16H24N2O6S/c1-10(2)8-12(16(20)21)17-15(19)11-6-7-13(24-5)14(9-11)25(22,23)18(3)4/h6-7,9-10,12H,8H2,1-5H3,(H,17,19)(H,20,21)/t12-/m0/s1. The molecule has 0 fully saturated rings. The molecular weight excluding hydrogens is 348 g/mol. The van der Waals surface area contributed by atoms with Crippen molar-refractivity contribution in [1.82, 2.24) is 9.62 Å². The van der Waals surface area contributed by atoms with Gasteiger partial charge in [-0.15, -0.1) is 0 Å². The molecule has 0 spiro atoms. The van der Waals surface area contributed by atoms with Crippen LogP contribution in [0.1, 0.15) is 30.6 Å². The first-order chi connectivity index (χ1) is 11.5. The first-order valence-electron chi connectivity index (χ1n) is 7.65. The summed E-state index contributed by atoms with van der Waals surface area (Å²) in [5.74, 6) is -1.63. The molecule has 2 N–H and O–H groups in total. The van der Waals surface area contributed by atoms with E-state index in [-0.39, 0.29) is 28.5 Å². The fourth-order valence-corrected chi connectivity index (χ4v) is 3.23. The van der Waals surface area contributed by atoms with Crippen LogP contribution in [0, 0.1) is 5.92 Å². The summed E-state index contributed by atoms with van der Waals surface area (Å²) in [6.45, 7) is 3.69. The number of carbonyl (C=O) groups is 2. The van der Waals surface area contributed by atoms with Crippen molar-refractivity contribution in [3.8, 4) is 5.75 Å². The molecule has 9 heteroatoms. The van der Waals surface area contributed by atoms with Crippen LogP contribution in [0.25, 0.3) is 0 Å². The molecule has 0 aliphatic rings. The number of carboxylic acids is 1. The number of benzene rings is 1. The number of hydrogen-bond donors (Lipinski definition) is 2. The predicted molar refractivity (Wildman–Crippen MR) is 92.2 cm³/mol. The van der Waals surface area contributed by atoms with E-state index in [1.165, 1.54) is 39.4 Å². The van der Waals surface area contributed by atoms with Crippen LogP contribution in [-0.4, -0.2) is 57.0 Å². The average molecular weight is 372 g/mol. The fourth-order valence-electron chi connectivity index (χ4n) is 2.15. The van der Waals surface area contributed by atoms with Gasteiger partial charge in [-0.25, -0.2) is 17.5 Å². The molecule has 140 valence electrons. The number of ether oxygens (including phenoxy) is 1. The zero-order valence-electron chi connectivity index (χ0n) is 14.9. The largest absolute Gasteiger partial charge is 0.495 e. The van der Waals surface area contributed by atoms with Gasteiger partial charge in [0.25, 0.3) is 5.91 Å². The van der Waals surface area contributed by atoms with E-state index < -0.39 is 27.9 Å². The maximum absolute atomic E-state index is 12.4. The van der Waals surface area contributed by atoms with Crippen molar-refractivity contribution >= 4 is 21.9 Å². The molecule has 0 bridgehead atoms. The molecule has 8 nitrogen and oxygen atoms in total. The molecule has 1 aromatic carbocycles. The van der Waals surface area contributed by atoms with Crippen LogP contribution in [0.15, 0.2) is 23.1 Å². The third-order valence-electron chi connectivity index (χ3n) is 3.49. The van der Waals surface area contributed by atoms with Crippen LogP contribution in [-0.2, 0) is 14.8 Å². The summed E-state index contributed by atoms with van der Waals surface area (Å²) in [6.07, 6.45) is 0.264. The van der Waals surface area contributed by atoms with Gasteiger partial charge in [0.15, 0.2) is 0 Å². The first kappa shape index (κ1) is 20.9. The minimum atomic E-state index is -3.83. The number of amides is 1. The lowest BCUT2D eigenvalue weighted by atomic mass is 10.0. The molecule has 0 unspecified atom stereocenters. The molecule has 25 heavy (non-hydrogen) atoms. The van der Waals surface area contributed by atoms with E-state index in [2.05, 4.69) is 5.32 Å². The lowest BCUT2D eigenvalue weighted by Crippen LogP contribution is -2.41. The fraction of sp³-hybridized carbons (Fsp3) is 0.500. The smallest absolute Gasteiger partial charge is 0.326 e. The maximum atomic E-state index is 12.4. The van der Waals surface area contributed by atoms with E-state index in [0.717, 1.165) is 4.31 Å². The molecule has 1 amide bonds. The predicted octanol–water partition coefficient (Wildman–Crippen LogP) is 1.17. The van der Waals surface area contributed by atoms with Crippen LogP contribution in [0.4, 0.5) is 0 Å². The zero-order chi connectivity index (χ0) is 19.4. The minimum Gasteiger partial charge on any atom is -0.495 e. The molecule has 0 saturated carbocycles. The number of aliphatic carboxylic acids is 1. The Hall–Kier alpha value is -2.13. The third kappa shape index (κ3) is 5.17. The molecule has 0 aromatic heterocycles. The van der Waals surface area contributed by atoms with Crippen LogP contribution in [0.3, 0.4) is 0 Å². The van der Waals surface area contributed by atoms with Gasteiger partial charge < -0.3 is 15.2 Å². The van der Waals surface area contributed by atoms with Gasteiger partial charge in [0.1, 0.15) is 16.7 Å². The van der Waals surface area contributed by atoms with Gasteiger partial charge in [0.2, 0.25) is 10.0 Å². The lowest BCUT2D eigenvalue weighted by molar-refractivity contribution is -0.139. The van der Waals surface area contributed by atoms with Gasteiger partial charge in [-0.2, -0.15) is 0 Å². The average Bonchev–Trinajstić information content (AvgIpc) is 2.52. The van der Waals surface area contributed by atoms with Gasteiger partial charge in [-0.05, 0) is 30.5 Å². The maximum Gasteiger partial charge on any atom is 0.326 e. The molecule has 0 radical (unpaired) electrons. The quantitative estimate of drug-likeness (QED) is 0.708. The third-order valence-corrected chi connectivity index (χ3v) is 5.33. The van der Waals surface area contributed by atoms with E-state index >= 15 is 0 Å². The topological polar surface area (TPSA) is 113 Å². The summed E-state index contributed by atoms with van der Waals surface area (Å²) in [5.41, 5.74) is 0.0382. The van der Waals surface area contributed by atoms with Crippen molar-refractivity contribution in [2.75, 3.05) is 21.2 Å². The summed E-state index contributed by atoms with van der Waals surface area (Å²) in [4.78, 5) is 23.5. The number of methoxy groups -OCH3 is 1. The number of nitrogens with zero attached hydrogens (tertiary/aromatic N) is 1. The van der Waals surface area contributed by atoms with E-state index in [4.69, 9.17) is 4.74 Å². The second-order valence-corrected chi connectivity index (χ2v) is 8.27. The van der Waals surface area contributed by atoms with Crippen molar-refractivity contribution in [3.05, 3.63) is 23.8 Å². The second kappa shape index (κ2) is 8.30. The Labute approximate surface area is 147 Å². The van der Waals surface area contributed by atoms with Gasteiger partial charge in [0, 0.05) is 19.7 Å². The second-order valence-electron chi connectivity index (χ2n) is 6.15. The number of sulfonamides is 1. The molecule has 0 heterocycles. The Morgan fingerprint density at radius 3 is 2.32 bits per heavy atom. The van der Waals surface area contributed by atoms with E-state index in [9.17, 15) is 23.1 Å². The summed E-state index contributed by atoms with van der Waals surface area (Å²) in [5, 5.41) is 11.6. The highest BCUT2D eigenvalue weighted by Crippen LogP contribution is 2.27. The SMILES string of the molecule is COc1ccc(C(=O)N[C@@H](CC(C)C)C(=O)O)cc1S(=O)(=O)N(C)C. The van der Waals surface area contributed by atoms with Crippen LogP contribution < -0.4 is 10.1 Å². The van der Waals surface area contributed by atoms with Crippen molar-refractivity contribution < 1.29 is 27.9 Å². The molecule has 0 aliphatic heterocycles. The van der Waals surface area contributed by atoms with Gasteiger partial charge >= 0.3 is 5.97 Å². The summed E-state index contributed by atoms with van der Waals surface area (Å²) in [7, 11) is 0.230. The molecule has 1 atom stereocenters. The van der Waals surface area contributed by atoms with Crippen LogP contribution in [0.5, 0.6) is 5.75 Å². The number of rotatable bonds is 8. The number of carbonyl (C=O) groups excluding carboxylic acids is 1. The Morgan fingerprint density at radius 1 is 1.28 bits per heavy atom. The Kier molecular flexibility index (Phi) is 6.95. The van der Waals surface area contributed by atoms with E-state index in [0.29, 0.717) is 0 Å². The Bertz CT molecular complexity index is 743. The van der Waals surface area contributed by atoms with Gasteiger partial charge in [-0.1, -0.05) is 13.8 Å². The van der Waals surface area contributed by atoms with Crippen LogP contribution >= 0.6 is 0 Å². The molecule has 0 aliphatic carbocycles. The molecular formula is C16H24N2O6S. The zero-order valence-corrected chi connectivity index (χ0v) is 15.8. The monoisotopic (exact) mass is 372 g/mol. The Balaban J connectivity index is 3.22. The minimum absolute atomic E-state index is 0.0382. The summed E-state index contributed by atoms with van der Waals surface area (Å²) >= 11 is 0. The Morgan fingerprint density at radius 2 is 1.88 bits per heavy atom. The highest BCUT2D eigenvalue weighted by molar-refractivity contribution is 7.89. The molecule has 1 rings (SSSR count). The molecule has 0 saturated heterocycles. The lowest BCUT2D eigenvalue weighted by Gasteiger charge is -2.18. The van der Waals surface area contributed by atoms with Crippen molar-refractivity contribution in [1.29, 1.82) is 0 Å². The van der Waals surface area contributed by atoms with Crippen LogP contribution in [0.2, 0.25) is 0 Å². The van der Waals surface area contributed by atoms with Gasteiger partial charge in [-0.3, -0.25) is 4.79 Å². The summed E-state index contributed by atoms with van der Waals surface area (Å²) in [6, 6.07) is 2.88. The van der Waals surface area contributed by atoms with Crippen molar-refractivity contribution in [2.45, 2.75) is 31.2 Å². The number of carboxylic acid groups (broad SMARTS) is 1. The highest BCUT2D eigenvalue weighted by Gasteiger charge is 2.26. The number of hydrogen-bond acceptors (Lipinski definition) is 5.